The fraction of sp³-hybridized carbons (Fsp3) is 0.615. The summed E-state index contributed by atoms with van der Waals surface area (Å²) in [5.41, 5.74) is 0.650. The van der Waals surface area contributed by atoms with Gasteiger partial charge in [0.2, 0.25) is 5.91 Å². The molecule has 1 heterocycles. The monoisotopic (exact) mass is 424 g/mol. The first-order valence-electron chi connectivity index (χ1n) is 12.1. The van der Waals surface area contributed by atoms with Crippen LogP contribution in [-0.4, -0.2) is 42.5 Å². The highest BCUT2D eigenvalue weighted by atomic mass is 16.5. The Labute approximate surface area is 186 Å². The Hall–Kier alpha value is -2.30. The summed E-state index contributed by atoms with van der Waals surface area (Å²) in [5.74, 6) is 3.21. The zero-order chi connectivity index (χ0) is 21.6. The molecule has 0 spiro atoms. The highest BCUT2D eigenvalue weighted by molar-refractivity contribution is 5.94. The molecule has 2 aliphatic carbocycles. The third-order valence-electron chi connectivity index (χ3n) is 7.15. The number of unbranched alkanes of at least 4 members (excludes halogenated alkanes) is 1. The molecule has 1 saturated heterocycles. The van der Waals surface area contributed by atoms with Crippen LogP contribution in [0.25, 0.3) is 0 Å². The van der Waals surface area contributed by atoms with E-state index in [2.05, 4.69) is 24.4 Å². The number of benzene rings is 1. The van der Waals surface area contributed by atoms with Crippen molar-refractivity contribution in [3.05, 3.63) is 42.0 Å². The maximum absolute atomic E-state index is 12.6. The van der Waals surface area contributed by atoms with Crippen molar-refractivity contribution in [2.45, 2.75) is 64.4 Å². The Bertz CT molecular complexity index is 798. The van der Waals surface area contributed by atoms with Gasteiger partial charge in [-0.05, 0) is 61.6 Å². The van der Waals surface area contributed by atoms with E-state index >= 15 is 0 Å². The van der Waals surface area contributed by atoms with Crippen LogP contribution in [-0.2, 0) is 4.79 Å². The summed E-state index contributed by atoms with van der Waals surface area (Å²) in [6.45, 7) is 4.35. The number of nitrogens with one attached hydrogen (secondary N) is 1. The Kier molecular flexibility index (Phi) is 7.31. The summed E-state index contributed by atoms with van der Waals surface area (Å²) in [5, 5.41) is 3.09. The van der Waals surface area contributed by atoms with E-state index in [0.29, 0.717) is 12.0 Å². The number of allylic oxidation sites excluding steroid dienone is 2. The highest BCUT2D eigenvalue weighted by Gasteiger charge is 2.35. The summed E-state index contributed by atoms with van der Waals surface area (Å²) >= 11 is 0. The minimum Gasteiger partial charge on any atom is -0.490 e. The van der Waals surface area contributed by atoms with E-state index in [-0.39, 0.29) is 17.9 Å². The maximum atomic E-state index is 12.6. The molecule has 2 bridgehead atoms. The second-order valence-corrected chi connectivity index (χ2v) is 9.41. The topological polar surface area (TPSA) is 58.6 Å². The number of ether oxygens (including phenoxy) is 1. The van der Waals surface area contributed by atoms with Crippen molar-refractivity contribution in [2.75, 3.05) is 19.6 Å². The predicted octanol–water partition coefficient (Wildman–Crippen LogP) is 4.58. The summed E-state index contributed by atoms with van der Waals surface area (Å²) in [6.07, 6.45) is 12.8. The lowest BCUT2D eigenvalue weighted by Crippen LogP contribution is -2.41. The number of piperidine rings is 1. The van der Waals surface area contributed by atoms with Gasteiger partial charge in [0.1, 0.15) is 11.9 Å². The zero-order valence-corrected chi connectivity index (χ0v) is 18.7. The van der Waals surface area contributed by atoms with Gasteiger partial charge in [-0.15, -0.1) is 0 Å². The van der Waals surface area contributed by atoms with E-state index < -0.39 is 0 Å². The minimum atomic E-state index is -0.0273. The van der Waals surface area contributed by atoms with Gasteiger partial charge in [-0.2, -0.15) is 0 Å². The van der Waals surface area contributed by atoms with Crippen molar-refractivity contribution in [3.63, 3.8) is 0 Å². The number of rotatable bonds is 9. The number of fused-ring (bicyclic) bond motifs is 2. The first-order chi connectivity index (χ1) is 15.1. The van der Waals surface area contributed by atoms with E-state index in [4.69, 9.17) is 4.74 Å². The van der Waals surface area contributed by atoms with Crippen molar-refractivity contribution in [3.8, 4) is 5.75 Å². The fourth-order valence-corrected chi connectivity index (χ4v) is 5.31. The molecule has 1 aromatic rings. The van der Waals surface area contributed by atoms with Crippen LogP contribution in [0.3, 0.4) is 0 Å². The molecule has 31 heavy (non-hydrogen) atoms. The molecule has 2 amide bonds. The average molecular weight is 425 g/mol. The molecule has 4 rings (SSSR count). The van der Waals surface area contributed by atoms with Gasteiger partial charge in [-0.1, -0.05) is 31.6 Å². The predicted molar refractivity (Wildman–Crippen MR) is 122 cm³/mol. The Morgan fingerprint density at radius 2 is 2.00 bits per heavy atom. The quantitative estimate of drug-likeness (QED) is 0.591. The lowest BCUT2D eigenvalue weighted by molar-refractivity contribution is -0.133. The third-order valence-corrected chi connectivity index (χ3v) is 7.15. The van der Waals surface area contributed by atoms with Gasteiger partial charge in [0.05, 0.1) is 0 Å². The maximum Gasteiger partial charge on any atom is 0.251 e. The van der Waals surface area contributed by atoms with Crippen LogP contribution in [0.15, 0.2) is 36.4 Å². The molecule has 0 aromatic heterocycles. The molecule has 3 aliphatic rings. The van der Waals surface area contributed by atoms with Gasteiger partial charge in [-0.25, -0.2) is 0 Å². The SMILES string of the molecule is CCCCC(=O)N1CCC(Oc2cccc(C(=O)NCCC3CC4C=CC3C4)c2)CC1. The number of carbonyl (C=O) groups is 2. The molecule has 0 radical (unpaired) electrons. The lowest BCUT2D eigenvalue weighted by atomic mass is 9.90. The van der Waals surface area contributed by atoms with Crippen molar-refractivity contribution < 1.29 is 14.3 Å². The van der Waals surface area contributed by atoms with E-state index in [1.165, 1.54) is 12.8 Å². The number of hydrogen-bond acceptors (Lipinski definition) is 3. The molecular weight excluding hydrogens is 388 g/mol. The van der Waals surface area contributed by atoms with Crippen LogP contribution >= 0.6 is 0 Å². The first kappa shape index (κ1) is 21.9. The number of carbonyl (C=O) groups excluding carboxylic acids is 2. The number of hydrogen-bond donors (Lipinski definition) is 1. The molecule has 1 aromatic carbocycles. The largest absolute Gasteiger partial charge is 0.490 e. The van der Waals surface area contributed by atoms with Crippen LogP contribution < -0.4 is 10.1 Å². The van der Waals surface area contributed by atoms with Crippen molar-refractivity contribution in [2.24, 2.45) is 17.8 Å². The minimum absolute atomic E-state index is 0.0273. The molecule has 1 N–H and O–H groups in total. The average Bonchev–Trinajstić information content (AvgIpc) is 3.41. The van der Waals surface area contributed by atoms with E-state index in [1.54, 1.807) is 0 Å². The highest BCUT2D eigenvalue weighted by Crippen LogP contribution is 2.44. The second-order valence-electron chi connectivity index (χ2n) is 9.41. The molecule has 168 valence electrons. The summed E-state index contributed by atoms with van der Waals surface area (Å²) in [7, 11) is 0. The van der Waals surface area contributed by atoms with Crippen LogP contribution in [0.5, 0.6) is 5.75 Å². The summed E-state index contributed by atoms with van der Waals surface area (Å²) in [6, 6.07) is 7.48. The molecule has 5 nitrogen and oxygen atoms in total. The van der Waals surface area contributed by atoms with E-state index in [9.17, 15) is 9.59 Å². The van der Waals surface area contributed by atoms with Crippen LogP contribution in [0.1, 0.15) is 68.6 Å². The first-order valence-corrected chi connectivity index (χ1v) is 12.1. The van der Waals surface area contributed by atoms with Crippen molar-refractivity contribution in [1.29, 1.82) is 0 Å². The summed E-state index contributed by atoms with van der Waals surface area (Å²) < 4.78 is 6.15. The van der Waals surface area contributed by atoms with E-state index in [1.807, 2.05) is 29.2 Å². The molecule has 3 atom stereocenters. The van der Waals surface area contributed by atoms with Gasteiger partial charge < -0.3 is 15.0 Å². The second kappa shape index (κ2) is 10.3. The molecule has 1 aliphatic heterocycles. The Morgan fingerprint density at radius 1 is 1.16 bits per heavy atom. The fourth-order valence-electron chi connectivity index (χ4n) is 5.31. The molecule has 2 fully saturated rings. The smallest absolute Gasteiger partial charge is 0.251 e. The molecule has 5 heteroatoms. The Balaban J connectivity index is 1.20. The standard InChI is InChI=1S/C26H36N2O3/c1-2-3-7-25(29)28-14-11-23(12-15-28)31-24-6-4-5-22(18-24)26(30)27-13-10-21-17-19-8-9-20(21)16-19/h4-6,8-9,18-21,23H,2-3,7,10-17H2,1H3,(H,27,30). The van der Waals surface area contributed by atoms with Crippen molar-refractivity contribution in [1.82, 2.24) is 10.2 Å². The van der Waals surface area contributed by atoms with Crippen LogP contribution in [0.2, 0.25) is 0 Å². The van der Waals surface area contributed by atoms with Gasteiger partial charge in [0, 0.05) is 44.5 Å². The zero-order valence-electron chi connectivity index (χ0n) is 18.7. The molecule has 3 unspecified atom stereocenters. The van der Waals surface area contributed by atoms with Gasteiger partial charge in [-0.3, -0.25) is 9.59 Å². The normalized spacial score (nSPS) is 25.1. The van der Waals surface area contributed by atoms with Crippen LogP contribution in [0, 0.1) is 17.8 Å². The number of amides is 2. The van der Waals surface area contributed by atoms with Gasteiger partial charge >= 0.3 is 0 Å². The summed E-state index contributed by atoms with van der Waals surface area (Å²) in [4.78, 5) is 26.8. The number of nitrogens with zero attached hydrogens (tertiary/aromatic N) is 1. The van der Waals surface area contributed by atoms with Crippen LogP contribution in [0.4, 0.5) is 0 Å². The van der Waals surface area contributed by atoms with Crippen molar-refractivity contribution >= 4 is 11.8 Å². The van der Waals surface area contributed by atoms with Gasteiger partial charge in [0.25, 0.3) is 5.91 Å². The van der Waals surface area contributed by atoms with E-state index in [0.717, 1.165) is 75.2 Å². The molecular formula is C26H36N2O3. The number of likely N-dealkylation sites (tertiary alicyclic amines) is 1. The molecule has 1 saturated carbocycles. The lowest BCUT2D eigenvalue weighted by Gasteiger charge is -2.32. The van der Waals surface area contributed by atoms with Gasteiger partial charge in [0.15, 0.2) is 0 Å². The third kappa shape index (κ3) is 5.69. The Morgan fingerprint density at radius 3 is 2.71 bits per heavy atom.